The number of aliphatic hydroxyl groups excluding tert-OH is 2. The Hall–Kier alpha value is -1.58. The van der Waals surface area contributed by atoms with E-state index in [0.29, 0.717) is 23.9 Å². The van der Waals surface area contributed by atoms with E-state index in [0.717, 1.165) is 64.2 Å². The molecule has 0 aliphatic carbocycles. The molecular weight excluding hydrogens is 808 g/mol. The summed E-state index contributed by atoms with van der Waals surface area (Å²) in [6, 6.07) is -1.03. The highest BCUT2D eigenvalue weighted by Gasteiger charge is 2.31. The van der Waals surface area contributed by atoms with Gasteiger partial charge in [-0.05, 0) is 51.4 Å². The molecule has 0 aromatic carbocycles. The molecule has 0 radical (unpaired) electrons. The normalized spacial score (nSPS) is 15.0. The zero-order valence-electron chi connectivity index (χ0n) is 41.7. The first-order valence-electron chi connectivity index (χ1n) is 26.1. The van der Waals surface area contributed by atoms with Crippen molar-refractivity contribution >= 4 is 13.7 Å². The Bertz CT molecular complexity index is 1180. The van der Waals surface area contributed by atoms with E-state index in [1.54, 1.807) is 0 Å². The smallest absolute Gasteiger partial charge is 0.390 e. The third-order valence-electron chi connectivity index (χ3n) is 11.7. The molecule has 4 atom stereocenters. The Balaban J connectivity index is 4.23. The van der Waals surface area contributed by atoms with Crippen LogP contribution in [0.2, 0.25) is 0 Å². The lowest BCUT2D eigenvalue weighted by Crippen LogP contribution is -2.51. The molecule has 63 heavy (non-hydrogen) atoms. The van der Waals surface area contributed by atoms with Crippen molar-refractivity contribution < 1.29 is 38.0 Å². The average molecular weight is 910 g/mol. The lowest BCUT2D eigenvalue weighted by atomic mass is 9.99. The molecule has 4 unspecified atom stereocenters. The van der Waals surface area contributed by atoms with E-state index in [1.807, 2.05) is 21.1 Å². The number of phosphoric acid groups is 1. The van der Waals surface area contributed by atoms with Gasteiger partial charge in [0.15, 0.2) is 0 Å². The molecule has 0 aromatic heterocycles. The number of hydrogen-bond donors (Lipinski definition) is 4. The number of unbranched alkanes of at least 4 members (excludes halogenated alkanes) is 25. The van der Waals surface area contributed by atoms with E-state index in [9.17, 15) is 24.5 Å². The van der Waals surface area contributed by atoms with E-state index < -0.39 is 32.7 Å². The maximum Gasteiger partial charge on any atom is 0.472 e. The van der Waals surface area contributed by atoms with Crippen LogP contribution in [-0.2, 0) is 18.4 Å². The highest BCUT2D eigenvalue weighted by Crippen LogP contribution is 2.43. The van der Waals surface area contributed by atoms with Gasteiger partial charge in [-0.15, -0.1) is 0 Å². The van der Waals surface area contributed by atoms with Gasteiger partial charge in [0, 0.05) is 6.42 Å². The van der Waals surface area contributed by atoms with Gasteiger partial charge >= 0.3 is 7.82 Å². The third-order valence-corrected chi connectivity index (χ3v) is 12.7. The fourth-order valence-electron chi connectivity index (χ4n) is 7.55. The summed E-state index contributed by atoms with van der Waals surface area (Å²) >= 11 is 0. The summed E-state index contributed by atoms with van der Waals surface area (Å²) in [6.45, 7) is 4.50. The second-order valence-electron chi connectivity index (χ2n) is 19.0. The second-order valence-corrected chi connectivity index (χ2v) is 20.5. The molecule has 10 heteroatoms. The minimum Gasteiger partial charge on any atom is -0.390 e. The maximum absolute atomic E-state index is 13.0. The molecular formula is C53H102N2O7P+. The van der Waals surface area contributed by atoms with Gasteiger partial charge in [0.05, 0.1) is 39.9 Å². The predicted octanol–water partition coefficient (Wildman–Crippen LogP) is 14.2. The van der Waals surface area contributed by atoms with Gasteiger partial charge in [0.2, 0.25) is 5.91 Å². The van der Waals surface area contributed by atoms with Gasteiger partial charge < -0.3 is 24.9 Å². The lowest BCUT2D eigenvalue weighted by Gasteiger charge is -2.28. The van der Waals surface area contributed by atoms with Crippen LogP contribution in [0.4, 0.5) is 0 Å². The van der Waals surface area contributed by atoms with Gasteiger partial charge in [0.1, 0.15) is 19.3 Å². The number of carbonyl (C=O) groups excluding carboxylic acids is 1. The molecule has 0 heterocycles. The fraction of sp³-hybridized carbons (Fsp3) is 0.830. The molecule has 4 N–H and O–H groups in total. The first kappa shape index (κ1) is 61.4. The van der Waals surface area contributed by atoms with Crippen LogP contribution in [-0.4, -0.2) is 84.6 Å². The quantitative estimate of drug-likeness (QED) is 0.0207. The molecule has 0 aromatic rings. The molecule has 0 spiro atoms. The lowest BCUT2D eigenvalue weighted by molar-refractivity contribution is -0.870. The largest absolute Gasteiger partial charge is 0.472 e. The molecule has 0 saturated heterocycles. The van der Waals surface area contributed by atoms with Gasteiger partial charge in [-0.2, -0.15) is 0 Å². The van der Waals surface area contributed by atoms with Crippen LogP contribution in [0.25, 0.3) is 0 Å². The summed E-state index contributed by atoms with van der Waals surface area (Å²) in [7, 11) is 1.44. The Morgan fingerprint density at radius 2 is 0.984 bits per heavy atom. The zero-order chi connectivity index (χ0) is 46.5. The number of carbonyl (C=O) groups is 1. The molecule has 0 rings (SSSR count). The summed E-state index contributed by atoms with van der Waals surface area (Å²) in [6.07, 6.45) is 53.2. The summed E-state index contributed by atoms with van der Waals surface area (Å²) in [4.78, 5) is 23.3. The minimum atomic E-state index is -4.42. The van der Waals surface area contributed by atoms with Gasteiger partial charge in [-0.3, -0.25) is 13.8 Å². The number of phosphoric ester groups is 1. The maximum atomic E-state index is 13.0. The number of amides is 1. The molecule has 370 valence electrons. The number of likely N-dealkylation sites (N-methyl/N-ethyl adjacent to an activating group) is 1. The van der Waals surface area contributed by atoms with Crippen LogP contribution in [0.3, 0.4) is 0 Å². The van der Waals surface area contributed by atoms with Crippen LogP contribution >= 0.6 is 7.82 Å². The molecule has 1 amide bonds. The SMILES string of the molecule is CC/C=C\C/C=C\C/C=C\C/C=C\CCCCCCCCCCCCCCCCC(=O)NC(COP(=O)(O)OCC[N+](C)(C)C)C(O)C(O)CCCCCCCCCCCCCC. The summed E-state index contributed by atoms with van der Waals surface area (Å²) in [5, 5.41) is 24.8. The first-order chi connectivity index (χ1) is 30.4. The van der Waals surface area contributed by atoms with E-state index in [2.05, 4.69) is 67.8 Å². The van der Waals surface area contributed by atoms with E-state index in [1.165, 1.54) is 135 Å². The van der Waals surface area contributed by atoms with Crippen molar-refractivity contribution in [1.29, 1.82) is 0 Å². The summed E-state index contributed by atoms with van der Waals surface area (Å²) < 4.78 is 23.6. The number of hydrogen-bond acceptors (Lipinski definition) is 6. The molecule has 0 fully saturated rings. The van der Waals surface area contributed by atoms with Crippen LogP contribution in [0.1, 0.15) is 226 Å². The van der Waals surface area contributed by atoms with Gasteiger partial charge in [-0.25, -0.2) is 4.57 Å². The Kier molecular flexibility index (Phi) is 43.2. The highest BCUT2D eigenvalue weighted by atomic mass is 31.2. The topological polar surface area (TPSA) is 125 Å². The number of nitrogens with zero attached hydrogens (tertiary/aromatic N) is 1. The van der Waals surface area contributed by atoms with Gasteiger partial charge in [0.25, 0.3) is 0 Å². The number of quaternary nitrogens is 1. The highest BCUT2D eigenvalue weighted by molar-refractivity contribution is 7.47. The number of aliphatic hydroxyl groups is 2. The van der Waals surface area contributed by atoms with Crippen molar-refractivity contribution in [2.24, 2.45) is 0 Å². The number of nitrogens with one attached hydrogen (secondary N) is 1. The predicted molar refractivity (Wildman–Crippen MR) is 269 cm³/mol. The molecule has 0 aliphatic heterocycles. The van der Waals surface area contributed by atoms with E-state index >= 15 is 0 Å². The minimum absolute atomic E-state index is 0.0212. The Morgan fingerprint density at radius 1 is 0.571 bits per heavy atom. The van der Waals surface area contributed by atoms with E-state index in [-0.39, 0.29) is 12.5 Å². The summed E-state index contributed by atoms with van der Waals surface area (Å²) in [5.74, 6) is -0.259. The van der Waals surface area contributed by atoms with Crippen molar-refractivity contribution in [3.63, 3.8) is 0 Å². The van der Waals surface area contributed by atoms with E-state index in [4.69, 9.17) is 9.05 Å². The van der Waals surface area contributed by atoms with Gasteiger partial charge in [-0.1, -0.05) is 217 Å². The Morgan fingerprint density at radius 3 is 1.44 bits per heavy atom. The number of rotatable bonds is 47. The second kappa shape index (κ2) is 44.3. The molecule has 0 aliphatic rings. The molecule has 0 saturated carbocycles. The standard InChI is InChI=1S/C53H101N2O7P/c1-6-8-10-12-14-16-18-20-21-22-23-24-25-26-27-28-29-30-31-32-33-34-36-38-40-42-44-46-52(57)54-50(49-62-63(59,60)61-48-47-55(3,4)5)53(58)51(56)45-43-41-39-37-35-19-17-15-13-11-9-7-2/h8,10,14,16,20-21,23-24,50-51,53,56,58H,6-7,9,11-13,15,17-19,22,25-49H2,1-5H3,(H-,54,57,59,60)/p+1/b10-8-,16-14-,21-20-,24-23-. The van der Waals surface area contributed by atoms with Crippen molar-refractivity contribution in [2.75, 3.05) is 40.9 Å². The zero-order valence-corrected chi connectivity index (χ0v) is 42.6. The average Bonchev–Trinajstić information content (AvgIpc) is 3.24. The Labute approximate surface area is 389 Å². The third kappa shape index (κ3) is 45.4. The summed E-state index contributed by atoms with van der Waals surface area (Å²) in [5.41, 5.74) is 0. The van der Waals surface area contributed by atoms with Crippen molar-refractivity contribution in [2.45, 2.75) is 244 Å². The molecule has 0 bridgehead atoms. The monoisotopic (exact) mass is 910 g/mol. The van der Waals surface area contributed by atoms with Crippen molar-refractivity contribution in [3.05, 3.63) is 48.6 Å². The van der Waals surface area contributed by atoms with Crippen molar-refractivity contribution in [1.82, 2.24) is 5.32 Å². The van der Waals surface area contributed by atoms with Crippen LogP contribution in [0, 0.1) is 0 Å². The fourth-order valence-corrected chi connectivity index (χ4v) is 8.28. The van der Waals surface area contributed by atoms with Crippen LogP contribution in [0.15, 0.2) is 48.6 Å². The number of allylic oxidation sites excluding steroid dienone is 8. The van der Waals surface area contributed by atoms with Crippen molar-refractivity contribution in [3.8, 4) is 0 Å². The van der Waals surface area contributed by atoms with Crippen LogP contribution in [0.5, 0.6) is 0 Å². The van der Waals surface area contributed by atoms with Crippen LogP contribution < -0.4 is 5.32 Å². The first-order valence-corrected chi connectivity index (χ1v) is 27.6. The molecule has 9 nitrogen and oxygen atoms in total.